The summed E-state index contributed by atoms with van der Waals surface area (Å²) in [7, 11) is 0. The number of aryl methyl sites for hydroxylation is 1. The van der Waals surface area contributed by atoms with Crippen LogP contribution in [0.2, 0.25) is 5.02 Å². The van der Waals surface area contributed by atoms with Crippen LogP contribution in [0.15, 0.2) is 46.9 Å². The summed E-state index contributed by atoms with van der Waals surface area (Å²) in [5.74, 6) is -0.0118. The van der Waals surface area contributed by atoms with Crippen molar-refractivity contribution in [1.29, 1.82) is 0 Å². The monoisotopic (exact) mass is 365 g/mol. The molecular weight excluding hydrogens is 350 g/mol. The van der Waals surface area contributed by atoms with Crippen LogP contribution in [0.1, 0.15) is 28.4 Å². The molecule has 21 heavy (non-hydrogen) atoms. The minimum atomic E-state index is -0.0118. The second kappa shape index (κ2) is 7.10. The van der Waals surface area contributed by atoms with Crippen LogP contribution >= 0.6 is 27.5 Å². The van der Waals surface area contributed by atoms with Crippen LogP contribution in [0.5, 0.6) is 0 Å². The highest BCUT2D eigenvalue weighted by Gasteiger charge is 2.15. The van der Waals surface area contributed by atoms with Crippen LogP contribution in [0.4, 0.5) is 0 Å². The van der Waals surface area contributed by atoms with E-state index in [1.54, 1.807) is 18.2 Å². The van der Waals surface area contributed by atoms with E-state index in [0.29, 0.717) is 23.7 Å². The van der Waals surface area contributed by atoms with Gasteiger partial charge >= 0.3 is 0 Å². The van der Waals surface area contributed by atoms with Crippen LogP contribution in [0.3, 0.4) is 0 Å². The molecule has 0 bridgehead atoms. The molecule has 2 nitrogen and oxygen atoms in total. The molecule has 0 aliphatic carbocycles. The summed E-state index contributed by atoms with van der Waals surface area (Å²) < 4.78 is 0.810. The van der Waals surface area contributed by atoms with Gasteiger partial charge in [-0.3, -0.25) is 4.79 Å². The number of benzene rings is 2. The van der Waals surface area contributed by atoms with Gasteiger partial charge in [-0.25, -0.2) is 0 Å². The van der Waals surface area contributed by atoms with Gasteiger partial charge in [-0.1, -0.05) is 57.4 Å². The fourth-order valence-corrected chi connectivity index (χ4v) is 3.08. The third-order valence-electron chi connectivity index (χ3n) is 3.23. The van der Waals surface area contributed by atoms with E-state index in [-0.39, 0.29) is 5.91 Å². The lowest BCUT2D eigenvalue weighted by Gasteiger charge is -2.21. The van der Waals surface area contributed by atoms with Gasteiger partial charge in [0.15, 0.2) is 0 Å². The predicted molar refractivity (Wildman–Crippen MR) is 90.7 cm³/mol. The Morgan fingerprint density at radius 1 is 1.24 bits per heavy atom. The standard InChI is InChI=1S/C17H17BrClNO/c1-3-20(11-13-6-4-5-12(2)7-13)17(21)14-8-15(18)10-16(19)9-14/h4-10H,3,11H2,1-2H3. The van der Waals surface area contributed by atoms with Gasteiger partial charge in [-0.15, -0.1) is 0 Å². The van der Waals surface area contributed by atoms with E-state index in [0.717, 1.165) is 10.0 Å². The Morgan fingerprint density at radius 2 is 2.00 bits per heavy atom. The number of hydrogen-bond acceptors (Lipinski definition) is 1. The van der Waals surface area contributed by atoms with E-state index in [1.165, 1.54) is 5.56 Å². The Kier molecular flexibility index (Phi) is 5.43. The molecule has 0 heterocycles. The van der Waals surface area contributed by atoms with Crippen LogP contribution in [0, 0.1) is 6.92 Å². The third-order valence-corrected chi connectivity index (χ3v) is 3.91. The van der Waals surface area contributed by atoms with E-state index in [2.05, 4.69) is 35.0 Å². The van der Waals surface area contributed by atoms with Crippen molar-refractivity contribution in [3.63, 3.8) is 0 Å². The van der Waals surface area contributed by atoms with Gasteiger partial charge in [0, 0.05) is 28.1 Å². The average molecular weight is 367 g/mol. The van der Waals surface area contributed by atoms with Gasteiger partial charge in [-0.2, -0.15) is 0 Å². The zero-order chi connectivity index (χ0) is 15.4. The van der Waals surface area contributed by atoms with E-state index >= 15 is 0 Å². The van der Waals surface area contributed by atoms with E-state index in [1.807, 2.05) is 24.0 Å². The Balaban J connectivity index is 2.22. The fraction of sp³-hybridized carbons (Fsp3) is 0.235. The molecule has 1 amide bonds. The number of carbonyl (C=O) groups excluding carboxylic acids is 1. The first-order valence-corrected chi connectivity index (χ1v) is 7.97. The van der Waals surface area contributed by atoms with E-state index < -0.39 is 0 Å². The SMILES string of the molecule is CCN(Cc1cccc(C)c1)C(=O)c1cc(Cl)cc(Br)c1. The van der Waals surface area contributed by atoms with Gasteiger partial charge in [0.2, 0.25) is 0 Å². The molecule has 0 fully saturated rings. The molecular formula is C17H17BrClNO. The lowest BCUT2D eigenvalue weighted by Crippen LogP contribution is -2.30. The second-order valence-electron chi connectivity index (χ2n) is 4.97. The number of halogens is 2. The minimum absolute atomic E-state index is 0.0118. The van der Waals surface area contributed by atoms with Crippen molar-refractivity contribution in [2.75, 3.05) is 6.54 Å². The number of rotatable bonds is 4. The zero-order valence-electron chi connectivity index (χ0n) is 12.1. The van der Waals surface area contributed by atoms with Crippen molar-refractivity contribution < 1.29 is 4.79 Å². The van der Waals surface area contributed by atoms with Crippen molar-refractivity contribution in [1.82, 2.24) is 4.90 Å². The Morgan fingerprint density at radius 3 is 2.62 bits per heavy atom. The third kappa shape index (κ3) is 4.32. The molecule has 0 spiro atoms. The number of nitrogens with zero attached hydrogens (tertiary/aromatic N) is 1. The van der Waals surface area contributed by atoms with Gasteiger partial charge in [-0.05, 0) is 37.6 Å². The first-order valence-electron chi connectivity index (χ1n) is 6.80. The molecule has 0 aromatic heterocycles. The molecule has 110 valence electrons. The topological polar surface area (TPSA) is 20.3 Å². The normalized spacial score (nSPS) is 10.5. The highest BCUT2D eigenvalue weighted by atomic mass is 79.9. The first kappa shape index (κ1) is 16.1. The summed E-state index contributed by atoms with van der Waals surface area (Å²) >= 11 is 9.40. The highest BCUT2D eigenvalue weighted by molar-refractivity contribution is 9.10. The molecule has 2 aromatic rings. The fourth-order valence-electron chi connectivity index (χ4n) is 2.22. The van der Waals surface area contributed by atoms with Gasteiger partial charge in [0.25, 0.3) is 5.91 Å². The van der Waals surface area contributed by atoms with Crippen molar-refractivity contribution in [3.8, 4) is 0 Å². The summed E-state index contributed by atoms with van der Waals surface area (Å²) in [6.45, 7) is 5.28. The Labute approximate surface area is 138 Å². The predicted octanol–water partition coefficient (Wildman–Crippen LogP) is 5.07. The van der Waals surface area contributed by atoms with Crippen molar-refractivity contribution in [2.24, 2.45) is 0 Å². The quantitative estimate of drug-likeness (QED) is 0.739. The van der Waals surface area contributed by atoms with Crippen molar-refractivity contribution in [2.45, 2.75) is 20.4 Å². The summed E-state index contributed by atoms with van der Waals surface area (Å²) in [4.78, 5) is 14.4. The molecule has 0 radical (unpaired) electrons. The maximum atomic E-state index is 12.6. The molecule has 0 N–H and O–H groups in total. The van der Waals surface area contributed by atoms with Crippen LogP contribution in [-0.4, -0.2) is 17.4 Å². The maximum Gasteiger partial charge on any atom is 0.254 e. The molecule has 0 aliphatic heterocycles. The smallest absolute Gasteiger partial charge is 0.254 e. The zero-order valence-corrected chi connectivity index (χ0v) is 14.4. The molecule has 0 saturated heterocycles. The molecule has 0 unspecified atom stereocenters. The van der Waals surface area contributed by atoms with Crippen molar-refractivity contribution in [3.05, 3.63) is 68.7 Å². The summed E-state index contributed by atoms with van der Waals surface area (Å²) in [5, 5.41) is 0.555. The van der Waals surface area contributed by atoms with E-state index in [4.69, 9.17) is 11.6 Å². The maximum absolute atomic E-state index is 12.6. The second-order valence-corrected chi connectivity index (χ2v) is 6.32. The van der Waals surface area contributed by atoms with Crippen LogP contribution < -0.4 is 0 Å². The number of amides is 1. The van der Waals surface area contributed by atoms with Crippen LogP contribution in [-0.2, 0) is 6.54 Å². The summed E-state index contributed by atoms with van der Waals surface area (Å²) in [6.07, 6.45) is 0. The Hall–Kier alpha value is -1.32. The largest absolute Gasteiger partial charge is 0.335 e. The highest BCUT2D eigenvalue weighted by Crippen LogP contribution is 2.21. The van der Waals surface area contributed by atoms with Gasteiger partial charge in [0.1, 0.15) is 0 Å². The first-order chi connectivity index (χ1) is 9.99. The lowest BCUT2D eigenvalue weighted by atomic mass is 10.1. The van der Waals surface area contributed by atoms with E-state index in [9.17, 15) is 4.79 Å². The number of carbonyl (C=O) groups is 1. The van der Waals surface area contributed by atoms with Crippen molar-refractivity contribution >= 4 is 33.4 Å². The molecule has 2 aromatic carbocycles. The minimum Gasteiger partial charge on any atom is -0.335 e. The Bertz CT molecular complexity index is 637. The van der Waals surface area contributed by atoms with Crippen LogP contribution in [0.25, 0.3) is 0 Å². The molecule has 0 atom stereocenters. The number of hydrogen-bond donors (Lipinski definition) is 0. The average Bonchev–Trinajstić information content (AvgIpc) is 2.43. The van der Waals surface area contributed by atoms with Gasteiger partial charge in [0.05, 0.1) is 0 Å². The summed E-state index contributed by atoms with van der Waals surface area (Å²) in [6, 6.07) is 13.5. The summed E-state index contributed by atoms with van der Waals surface area (Å²) in [5.41, 5.74) is 2.93. The van der Waals surface area contributed by atoms with Gasteiger partial charge < -0.3 is 4.90 Å². The molecule has 2 rings (SSSR count). The molecule has 0 aliphatic rings. The lowest BCUT2D eigenvalue weighted by molar-refractivity contribution is 0.0752. The molecule has 4 heteroatoms. The molecule has 0 saturated carbocycles.